The van der Waals surface area contributed by atoms with Gasteiger partial charge in [-0.25, -0.2) is 0 Å². The molecule has 2 saturated heterocycles. The first-order chi connectivity index (χ1) is 16.5. The Morgan fingerprint density at radius 2 is 1.29 bits per heavy atom. The molecule has 0 aromatic heterocycles. The molecule has 2 heterocycles. The Bertz CT molecular complexity index is 624. The smallest absolute Gasteiger partial charge is 0.182 e. The SMILES string of the molecule is COCC1C(CO)OC(OC)C(N=CCCCC=NC2C(OC)OC(CO)C(OC)C2O)C1O. The number of aliphatic imine (C=N–C) groups is 2. The molecule has 0 saturated carbocycles. The second kappa shape index (κ2) is 15.1. The molecule has 2 rings (SSSR count). The molecule has 10 atom stereocenters. The fourth-order valence-corrected chi connectivity index (χ4v) is 4.31. The molecule has 0 aromatic rings. The van der Waals surface area contributed by atoms with Gasteiger partial charge in [-0.1, -0.05) is 0 Å². The van der Waals surface area contributed by atoms with Crippen LogP contribution in [-0.4, -0.2) is 136 Å². The Hall–Kier alpha value is -1.06. The number of methoxy groups -OCH3 is 4. The summed E-state index contributed by atoms with van der Waals surface area (Å²) in [5.74, 6) is -0.421. The molecule has 4 N–H and O–H groups in total. The molecule has 2 aliphatic heterocycles. The van der Waals surface area contributed by atoms with Gasteiger partial charge in [-0.15, -0.1) is 0 Å². The van der Waals surface area contributed by atoms with Crippen molar-refractivity contribution in [1.82, 2.24) is 0 Å². The van der Waals surface area contributed by atoms with Crippen LogP contribution in [0, 0.1) is 5.92 Å². The maximum absolute atomic E-state index is 10.7. The minimum Gasteiger partial charge on any atom is -0.394 e. The van der Waals surface area contributed by atoms with Crippen LogP contribution in [0.25, 0.3) is 0 Å². The van der Waals surface area contributed by atoms with Gasteiger partial charge in [-0.05, 0) is 31.7 Å². The van der Waals surface area contributed by atoms with Crippen LogP contribution < -0.4 is 0 Å². The fourth-order valence-electron chi connectivity index (χ4n) is 4.31. The second-order valence-corrected chi connectivity index (χ2v) is 8.30. The molecule has 0 amide bonds. The van der Waals surface area contributed by atoms with E-state index in [0.717, 1.165) is 6.42 Å². The van der Waals surface area contributed by atoms with Crippen LogP contribution in [0.1, 0.15) is 19.3 Å². The minimum atomic E-state index is -0.986. The lowest BCUT2D eigenvalue weighted by atomic mass is 9.88. The van der Waals surface area contributed by atoms with Crippen molar-refractivity contribution in [3.63, 3.8) is 0 Å². The Labute approximate surface area is 200 Å². The molecule has 2 fully saturated rings. The van der Waals surface area contributed by atoms with Crippen LogP contribution in [0.3, 0.4) is 0 Å². The van der Waals surface area contributed by atoms with E-state index in [4.69, 9.17) is 28.4 Å². The molecule has 12 heteroatoms. The number of aliphatic hydroxyl groups excluding tert-OH is 4. The van der Waals surface area contributed by atoms with Gasteiger partial charge in [0, 0.05) is 34.4 Å². The lowest BCUT2D eigenvalue weighted by Crippen LogP contribution is -2.59. The van der Waals surface area contributed by atoms with Crippen molar-refractivity contribution in [2.75, 3.05) is 48.3 Å². The van der Waals surface area contributed by atoms with Crippen molar-refractivity contribution in [3.8, 4) is 0 Å². The molecule has 12 nitrogen and oxygen atoms in total. The van der Waals surface area contributed by atoms with Crippen LogP contribution in [0.15, 0.2) is 9.98 Å². The third kappa shape index (κ3) is 7.23. The monoisotopic (exact) mass is 492 g/mol. The summed E-state index contributed by atoms with van der Waals surface area (Å²) in [5, 5.41) is 40.3. The van der Waals surface area contributed by atoms with Crippen molar-refractivity contribution in [2.45, 2.75) is 74.4 Å². The van der Waals surface area contributed by atoms with Crippen LogP contribution >= 0.6 is 0 Å². The zero-order chi connectivity index (χ0) is 25.1. The average Bonchev–Trinajstić information content (AvgIpc) is 2.85. The lowest BCUT2D eigenvalue weighted by Gasteiger charge is -2.42. The predicted octanol–water partition coefficient (Wildman–Crippen LogP) is -1.24. The summed E-state index contributed by atoms with van der Waals surface area (Å²) < 4.78 is 32.4. The Kier molecular flexibility index (Phi) is 13.0. The third-order valence-electron chi connectivity index (χ3n) is 6.17. The molecular formula is C22H40N2O10. The average molecular weight is 493 g/mol. The van der Waals surface area contributed by atoms with Crippen molar-refractivity contribution >= 4 is 12.4 Å². The van der Waals surface area contributed by atoms with E-state index in [9.17, 15) is 20.4 Å². The molecular weight excluding hydrogens is 452 g/mol. The summed E-state index contributed by atoms with van der Waals surface area (Å²) in [6.07, 6.45) is -0.0711. The molecule has 0 aliphatic carbocycles. The minimum absolute atomic E-state index is 0.230. The second-order valence-electron chi connectivity index (χ2n) is 8.30. The van der Waals surface area contributed by atoms with E-state index in [2.05, 4.69) is 9.98 Å². The van der Waals surface area contributed by atoms with Crippen LogP contribution in [-0.2, 0) is 28.4 Å². The van der Waals surface area contributed by atoms with Gasteiger partial charge in [-0.2, -0.15) is 0 Å². The molecule has 10 unspecified atom stereocenters. The van der Waals surface area contributed by atoms with E-state index in [1.165, 1.54) is 28.4 Å². The van der Waals surface area contributed by atoms with E-state index >= 15 is 0 Å². The lowest BCUT2D eigenvalue weighted by molar-refractivity contribution is -0.262. The molecule has 0 spiro atoms. The van der Waals surface area contributed by atoms with Crippen LogP contribution in [0.4, 0.5) is 0 Å². The first-order valence-corrected chi connectivity index (χ1v) is 11.5. The molecule has 0 aromatic carbocycles. The first kappa shape index (κ1) is 29.2. The summed E-state index contributed by atoms with van der Waals surface area (Å²) >= 11 is 0. The van der Waals surface area contributed by atoms with Gasteiger partial charge in [0.25, 0.3) is 0 Å². The molecule has 2 aliphatic rings. The zero-order valence-electron chi connectivity index (χ0n) is 20.3. The summed E-state index contributed by atoms with van der Waals surface area (Å²) in [6, 6.07) is -1.32. The molecule has 34 heavy (non-hydrogen) atoms. The highest BCUT2D eigenvalue weighted by molar-refractivity contribution is 5.61. The Morgan fingerprint density at radius 3 is 1.76 bits per heavy atom. The van der Waals surface area contributed by atoms with Gasteiger partial charge in [0.2, 0.25) is 0 Å². The van der Waals surface area contributed by atoms with Gasteiger partial charge in [0.15, 0.2) is 12.6 Å². The van der Waals surface area contributed by atoms with E-state index in [-0.39, 0.29) is 19.8 Å². The van der Waals surface area contributed by atoms with Crippen molar-refractivity contribution in [1.29, 1.82) is 0 Å². The molecule has 0 radical (unpaired) electrons. The number of hydrogen-bond donors (Lipinski definition) is 4. The summed E-state index contributed by atoms with van der Waals surface area (Å²) in [6.45, 7) is -0.326. The van der Waals surface area contributed by atoms with Gasteiger partial charge in [0.05, 0.1) is 32.0 Å². The highest BCUT2D eigenvalue weighted by Crippen LogP contribution is 2.29. The highest BCUT2D eigenvalue weighted by atomic mass is 16.7. The fraction of sp³-hybridized carbons (Fsp3) is 0.909. The maximum Gasteiger partial charge on any atom is 0.182 e. The number of unbranched alkanes of at least 4 members (excludes halogenated alkanes) is 2. The Morgan fingerprint density at radius 1 is 0.765 bits per heavy atom. The Balaban J connectivity index is 1.87. The van der Waals surface area contributed by atoms with Gasteiger partial charge < -0.3 is 48.8 Å². The number of aliphatic hydroxyl groups is 4. The molecule has 0 bridgehead atoms. The van der Waals surface area contributed by atoms with Crippen LogP contribution in [0.5, 0.6) is 0 Å². The van der Waals surface area contributed by atoms with Crippen molar-refractivity contribution in [2.24, 2.45) is 15.9 Å². The standard InChI is InChI=1S/C22H40N2O10/c1-29-12-13-14(10-25)33-21(31-3)16(18(13)27)23-8-6-5-7-9-24-17-19(28)20(30-2)15(11-26)34-22(17)32-4/h8-9,13-22,25-28H,5-7,10-12H2,1-4H3. The summed E-state index contributed by atoms with van der Waals surface area (Å²) in [4.78, 5) is 8.86. The van der Waals surface area contributed by atoms with Gasteiger partial charge in [-0.3, -0.25) is 9.98 Å². The van der Waals surface area contributed by atoms with E-state index in [1.54, 1.807) is 12.4 Å². The topological polar surface area (TPSA) is 161 Å². The van der Waals surface area contributed by atoms with Gasteiger partial charge in [0.1, 0.15) is 30.4 Å². The van der Waals surface area contributed by atoms with Gasteiger partial charge >= 0.3 is 0 Å². The predicted molar refractivity (Wildman–Crippen MR) is 122 cm³/mol. The zero-order valence-corrected chi connectivity index (χ0v) is 20.3. The molecule has 198 valence electrons. The first-order valence-electron chi connectivity index (χ1n) is 11.5. The summed E-state index contributed by atoms with van der Waals surface area (Å²) in [5.41, 5.74) is 0. The number of rotatable bonds is 13. The number of hydrogen-bond acceptors (Lipinski definition) is 12. The number of ether oxygens (including phenoxy) is 6. The van der Waals surface area contributed by atoms with E-state index in [1.807, 2.05) is 0 Å². The highest BCUT2D eigenvalue weighted by Gasteiger charge is 2.46. The summed E-state index contributed by atoms with van der Waals surface area (Å²) in [7, 11) is 5.89. The third-order valence-corrected chi connectivity index (χ3v) is 6.17. The van der Waals surface area contributed by atoms with Crippen molar-refractivity contribution in [3.05, 3.63) is 0 Å². The quantitative estimate of drug-likeness (QED) is 0.181. The largest absolute Gasteiger partial charge is 0.394 e. The van der Waals surface area contributed by atoms with E-state index < -0.39 is 61.1 Å². The number of nitrogens with zero attached hydrogens (tertiary/aromatic N) is 2. The van der Waals surface area contributed by atoms with Crippen LogP contribution in [0.2, 0.25) is 0 Å². The normalized spacial score (nSPS) is 39.3. The van der Waals surface area contributed by atoms with Crippen molar-refractivity contribution < 1.29 is 48.8 Å². The maximum atomic E-state index is 10.7. The van der Waals surface area contributed by atoms with E-state index in [0.29, 0.717) is 12.8 Å².